The van der Waals surface area contributed by atoms with Crippen LogP contribution in [0.3, 0.4) is 0 Å². The molecule has 0 saturated carbocycles. The number of aliphatic imine (C=N–C) groups is 1. The zero-order chi connectivity index (χ0) is 22.6. The summed E-state index contributed by atoms with van der Waals surface area (Å²) in [6, 6.07) is 13.3. The van der Waals surface area contributed by atoms with Crippen LogP contribution in [0.25, 0.3) is 0 Å². The number of guanidine groups is 1. The van der Waals surface area contributed by atoms with Gasteiger partial charge in [0.05, 0.1) is 13.0 Å². The Morgan fingerprint density at radius 1 is 0.906 bits per heavy atom. The number of amides is 2. The summed E-state index contributed by atoms with van der Waals surface area (Å²) in [5.74, 6) is 0.166. The van der Waals surface area contributed by atoms with E-state index in [1.807, 2.05) is 19.1 Å². The number of hydrogen-bond acceptors (Lipinski definition) is 3. The lowest BCUT2D eigenvalue weighted by atomic mass is 10.1. The molecule has 0 saturated heterocycles. The lowest BCUT2D eigenvalue weighted by Gasteiger charge is -2.12. The second-order valence-corrected chi connectivity index (χ2v) is 7.17. The van der Waals surface area contributed by atoms with E-state index < -0.39 is 0 Å². The summed E-state index contributed by atoms with van der Waals surface area (Å²) in [5, 5.41) is 9.17. The highest BCUT2D eigenvalue weighted by molar-refractivity contribution is 14.0. The van der Waals surface area contributed by atoms with Crippen molar-refractivity contribution >= 4 is 41.8 Å². The summed E-state index contributed by atoms with van der Waals surface area (Å²) < 4.78 is 12.9. The summed E-state index contributed by atoms with van der Waals surface area (Å²) in [4.78, 5) is 30.0. The van der Waals surface area contributed by atoms with Crippen molar-refractivity contribution in [1.29, 1.82) is 0 Å². The molecule has 0 radical (unpaired) electrons. The molecule has 7 nitrogen and oxygen atoms in total. The van der Waals surface area contributed by atoms with E-state index in [2.05, 4.69) is 20.9 Å². The normalized spacial score (nSPS) is 10.7. The maximum atomic E-state index is 12.9. The molecule has 0 aliphatic rings. The molecule has 0 atom stereocenters. The molecule has 32 heavy (non-hydrogen) atoms. The fourth-order valence-corrected chi connectivity index (χ4v) is 2.76. The SMILES string of the molecule is CCNC(=NCc1ccc(C(=O)N(C)C)cc1)NCCNC(=O)Cc1ccc(F)cc1.I. The highest BCUT2D eigenvalue weighted by Gasteiger charge is 2.07. The molecule has 0 unspecified atom stereocenters. The Balaban J connectivity index is 0.00000512. The summed E-state index contributed by atoms with van der Waals surface area (Å²) in [7, 11) is 3.44. The van der Waals surface area contributed by atoms with Crippen LogP contribution in [0.2, 0.25) is 0 Å². The van der Waals surface area contributed by atoms with Gasteiger partial charge in [0.1, 0.15) is 5.82 Å². The van der Waals surface area contributed by atoms with Crippen LogP contribution in [0.15, 0.2) is 53.5 Å². The Bertz CT molecular complexity index is 886. The van der Waals surface area contributed by atoms with Crippen LogP contribution in [-0.2, 0) is 17.8 Å². The topological polar surface area (TPSA) is 85.8 Å². The predicted octanol–water partition coefficient (Wildman–Crippen LogP) is 2.56. The fraction of sp³-hybridized carbons (Fsp3) is 0.348. The third-order valence-electron chi connectivity index (χ3n) is 4.39. The van der Waals surface area contributed by atoms with Crippen LogP contribution in [0, 0.1) is 5.82 Å². The highest BCUT2D eigenvalue weighted by atomic mass is 127. The lowest BCUT2D eigenvalue weighted by molar-refractivity contribution is -0.120. The maximum absolute atomic E-state index is 12.9. The molecule has 0 aliphatic heterocycles. The van der Waals surface area contributed by atoms with Crippen LogP contribution in [0.4, 0.5) is 4.39 Å². The number of carbonyl (C=O) groups is 2. The summed E-state index contributed by atoms with van der Waals surface area (Å²) >= 11 is 0. The second-order valence-electron chi connectivity index (χ2n) is 7.17. The average molecular weight is 555 g/mol. The number of halogens is 2. The Labute approximate surface area is 205 Å². The van der Waals surface area contributed by atoms with E-state index in [-0.39, 0.29) is 48.0 Å². The first kappa shape index (κ1) is 27.3. The van der Waals surface area contributed by atoms with Gasteiger partial charge in [-0.3, -0.25) is 9.59 Å². The standard InChI is InChI=1S/C23H30FN5O2.HI/c1-4-25-23(28-16-18-5-9-19(10-6-18)22(31)29(2)3)27-14-13-26-21(30)15-17-7-11-20(24)12-8-17;/h5-12H,4,13-16H2,1-3H3,(H,26,30)(H2,25,27,28);1H. The molecular formula is C23H31FIN5O2. The van der Waals surface area contributed by atoms with E-state index in [9.17, 15) is 14.0 Å². The van der Waals surface area contributed by atoms with Crippen molar-refractivity contribution in [2.24, 2.45) is 4.99 Å². The van der Waals surface area contributed by atoms with E-state index in [0.29, 0.717) is 37.7 Å². The Morgan fingerprint density at radius 3 is 2.09 bits per heavy atom. The summed E-state index contributed by atoms with van der Waals surface area (Å²) in [5.41, 5.74) is 2.39. The fourth-order valence-electron chi connectivity index (χ4n) is 2.76. The minimum absolute atomic E-state index is 0. The molecule has 0 aliphatic carbocycles. The Kier molecular flexibility index (Phi) is 12.3. The van der Waals surface area contributed by atoms with Gasteiger partial charge in [0.25, 0.3) is 5.91 Å². The largest absolute Gasteiger partial charge is 0.357 e. The van der Waals surface area contributed by atoms with Gasteiger partial charge in [-0.15, -0.1) is 24.0 Å². The zero-order valence-corrected chi connectivity index (χ0v) is 21.0. The third kappa shape index (κ3) is 9.63. The molecule has 2 aromatic rings. The Morgan fingerprint density at radius 2 is 1.50 bits per heavy atom. The summed E-state index contributed by atoms with van der Waals surface area (Å²) in [6.07, 6.45) is 0.209. The minimum Gasteiger partial charge on any atom is -0.357 e. The van der Waals surface area contributed by atoms with Crippen molar-refractivity contribution in [3.05, 3.63) is 71.0 Å². The van der Waals surface area contributed by atoms with E-state index >= 15 is 0 Å². The second kappa shape index (κ2) is 14.4. The number of hydrogen-bond donors (Lipinski definition) is 3. The first-order valence-corrected chi connectivity index (χ1v) is 10.2. The van der Waals surface area contributed by atoms with Crippen molar-refractivity contribution in [3.8, 4) is 0 Å². The molecule has 2 aromatic carbocycles. The highest BCUT2D eigenvalue weighted by Crippen LogP contribution is 2.07. The van der Waals surface area contributed by atoms with Gasteiger partial charge < -0.3 is 20.9 Å². The van der Waals surface area contributed by atoms with E-state index in [0.717, 1.165) is 11.1 Å². The zero-order valence-electron chi connectivity index (χ0n) is 18.7. The van der Waals surface area contributed by atoms with Crippen LogP contribution in [-0.4, -0.2) is 56.4 Å². The molecule has 2 amide bonds. The van der Waals surface area contributed by atoms with Gasteiger partial charge in [-0.25, -0.2) is 9.38 Å². The molecule has 0 spiro atoms. The van der Waals surface area contributed by atoms with Gasteiger partial charge in [0.2, 0.25) is 5.91 Å². The van der Waals surface area contributed by atoms with Gasteiger partial charge in [-0.05, 0) is 42.3 Å². The van der Waals surface area contributed by atoms with Crippen LogP contribution in [0.5, 0.6) is 0 Å². The number of carbonyl (C=O) groups excluding carboxylic acids is 2. The third-order valence-corrected chi connectivity index (χ3v) is 4.39. The molecule has 3 N–H and O–H groups in total. The molecule has 0 heterocycles. The number of rotatable bonds is 9. The number of benzene rings is 2. The van der Waals surface area contributed by atoms with E-state index in [4.69, 9.17) is 0 Å². The minimum atomic E-state index is -0.318. The summed E-state index contributed by atoms with van der Waals surface area (Å²) in [6.45, 7) is 4.09. The first-order valence-electron chi connectivity index (χ1n) is 10.2. The monoisotopic (exact) mass is 555 g/mol. The van der Waals surface area contributed by atoms with Crippen LogP contribution < -0.4 is 16.0 Å². The molecule has 174 valence electrons. The van der Waals surface area contributed by atoms with Gasteiger partial charge in [-0.2, -0.15) is 0 Å². The Hall–Kier alpha value is -2.69. The molecular weight excluding hydrogens is 524 g/mol. The first-order chi connectivity index (χ1) is 14.9. The molecule has 0 bridgehead atoms. The van der Waals surface area contributed by atoms with Crippen molar-refractivity contribution in [2.45, 2.75) is 19.9 Å². The van der Waals surface area contributed by atoms with Crippen molar-refractivity contribution in [3.63, 3.8) is 0 Å². The van der Waals surface area contributed by atoms with Gasteiger partial charge in [0.15, 0.2) is 5.96 Å². The van der Waals surface area contributed by atoms with E-state index in [1.54, 1.807) is 43.3 Å². The number of nitrogens with one attached hydrogen (secondary N) is 3. The van der Waals surface area contributed by atoms with Gasteiger partial charge in [-0.1, -0.05) is 24.3 Å². The molecule has 0 fully saturated rings. The van der Waals surface area contributed by atoms with Crippen molar-refractivity contribution in [1.82, 2.24) is 20.9 Å². The lowest BCUT2D eigenvalue weighted by Crippen LogP contribution is -2.41. The predicted molar refractivity (Wildman–Crippen MR) is 136 cm³/mol. The van der Waals surface area contributed by atoms with Crippen LogP contribution in [0.1, 0.15) is 28.4 Å². The molecule has 9 heteroatoms. The van der Waals surface area contributed by atoms with E-state index in [1.165, 1.54) is 12.1 Å². The number of nitrogens with zero attached hydrogens (tertiary/aromatic N) is 2. The quantitative estimate of drug-likeness (QED) is 0.192. The maximum Gasteiger partial charge on any atom is 0.253 e. The van der Waals surface area contributed by atoms with Crippen LogP contribution >= 0.6 is 24.0 Å². The molecule has 0 aromatic heterocycles. The molecule has 2 rings (SSSR count). The van der Waals surface area contributed by atoms with Crippen molar-refractivity contribution < 1.29 is 14.0 Å². The average Bonchev–Trinajstić information content (AvgIpc) is 2.76. The van der Waals surface area contributed by atoms with Gasteiger partial charge >= 0.3 is 0 Å². The van der Waals surface area contributed by atoms with Crippen molar-refractivity contribution in [2.75, 3.05) is 33.7 Å². The van der Waals surface area contributed by atoms with Gasteiger partial charge in [0, 0.05) is 39.3 Å². The smallest absolute Gasteiger partial charge is 0.253 e.